The van der Waals surface area contributed by atoms with Gasteiger partial charge in [0.15, 0.2) is 0 Å². The van der Waals surface area contributed by atoms with Crippen molar-refractivity contribution in [3.63, 3.8) is 0 Å². The Labute approximate surface area is 55.6 Å². The van der Waals surface area contributed by atoms with Crippen molar-refractivity contribution in [1.82, 2.24) is 4.90 Å². The van der Waals surface area contributed by atoms with E-state index in [2.05, 4.69) is 9.89 Å². The van der Waals surface area contributed by atoms with Crippen molar-refractivity contribution in [2.24, 2.45) is 10.7 Å². The van der Waals surface area contributed by atoms with Gasteiger partial charge in [-0.15, -0.1) is 0 Å². The predicted octanol–water partition coefficient (Wildman–Crippen LogP) is -0.323. The topological polar surface area (TPSA) is 41.6 Å². The van der Waals surface area contributed by atoms with Gasteiger partial charge in [-0.25, -0.2) is 0 Å². The Morgan fingerprint density at radius 2 is 2.44 bits per heavy atom. The zero-order valence-corrected chi connectivity index (χ0v) is 5.96. The highest BCUT2D eigenvalue weighted by Gasteiger charge is 2.14. The molecule has 0 aromatic heterocycles. The lowest BCUT2D eigenvalue weighted by Crippen LogP contribution is -2.36. The Bertz CT molecular complexity index is 128. The number of nitrogens with two attached hydrogens (primary N) is 1. The van der Waals surface area contributed by atoms with Gasteiger partial charge in [0.25, 0.3) is 0 Å². The third-order valence-corrected chi connectivity index (χ3v) is 1.51. The zero-order valence-electron chi connectivity index (χ0n) is 5.96. The molecule has 1 aliphatic rings. The smallest absolute Gasteiger partial charge is 0.115 e. The lowest BCUT2D eigenvalue weighted by molar-refractivity contribution is 0.538. The molecular weight excluding hydrogens is 114 g/mol. The summed E-state index contributed by atoms with van der Waals surface area (Å²) in [7, 11) is 2.02. The number of aliphatic imine (C=N–C) groups is 1. The van der Waals surface area contributed by atoms with E-state index in [4.69, 9.17) is 5.73 Å². The number of hydrogen-bond donors (Lipinski definition) is 1. The van der Waals surface area contributed by atoms with E-state index in [1.54, 1.807) is 0 Å². The van der Waals surface area contributed by atoms with Crippen LogP contribution in [0.2, 0.25) is 0 Å². The minimum Gasteiger partial charge on any atom is -0.360 e. The van der Waals surface area contributed by atoms with E-state index in [0.717, 1.165) is 18.9 Å². The SMILES string of the molecule is C[C@H](N)C1=NCCN1C. The molecule has 3 nitrogen and oxygen atoms in total. The van der Waals surface area contributed by atoms with Gasteiger partial charge in [-0.2, -0.15) is 0 Å². The minimum absolute atomic E-state index is 0.0949. The van der Waals surface area contributed by atoms with Crippen LogP contribution in [0.3, 0.4) is 0 Å². The fraction of sp³-hybridized carbons (Fsp3) is 0.833. The van der Waals surface area contributed by atoms with Crippen LogP contribution in [0.15, 0.2) is 4.99 Å². The lowest BCUT2D eigenvalue weighted by Gasteiger charge is -2.15. The summed E-state index contributed by atoms with van der Waals surface area (Å²) in [4.78, 5) is 6.34. The van der Waals surface area contributed by atoms with E-state index in [1.807, 2.05) is 14.0 Å². The van der Waals surface area contributed by atoms with Gasteiger partial charge >= 0.3 is 0 Å². The van der Waals surface area contributed by atoms with Crippen molar-refractivity contribution in [2.75, 3.05) is 20.1 Å². The first-order chi connectivity index (χ1) is 4.22. The fourth-order valence-corrected chi connectivity index (χ4v) is 1.04. The van der Waals surface area contributed by atoms with E-state index in [-0.39, 0.29) is 6.04 Å². The molecule has 1 rings (SSSR count). The molecule has 9 heavy (non-hydrogen) atoms. The van der Waals surface area contributed by atoms with Gasteiger partial charge in [0.1, 0.15) is 5.84 Å². The van der Waals surface area contributed by atoms with Crippen LogP contribution in [0.4, 0.5) is 0 Å². The van der Waals surface area contributed by atoms with Gasteiger partial charge in [0.05, 0.1) is 12.6 Å². The maximum atomic E-state index is 5.62. The predicted molar refractivity (Wildman–Crippen MR) is 38.6 cm³/mol. The molecule has 3 heteroatoms. The van der Waals surface area contributed by atoms with Crippen molar-refractivity contribution in [2.45, 2.75) is 13.0 Å². The molecule has 0 aliphatic carbocycles. The molecule has 1 atom stereocenters. The van der Waals surface area contributed by atoms with Crippen molar-refractivity contribution >= 4 is 5.84 Å². The Morgan fingerprint density at radius 1 is 1.78 bits per heavy atom. The Morgan fingerprint density at radius 3 is 2.67 bits per heavy atom. The monoisotopic (exact) mass is 127 g/mol. The maximum Gasteiger partial charge on any atom is 0.115 e. The standard InChI is InChI=1S/C6H13N3/c1-5(7)6-8-3-4-9(6)2/h5H,3-4,7H2,1-2H3/t5-/m0/s1. The van der Waals surface area contributed by atoms with Crippen LogP contribution in [0, 0.1) is 0 Å². The highest BCUT2D eigenvalue weighted by atomic mass is 15.2. The summed E-state index contributed by atoms with van der Waals surface area (Å²) >= 11 is 0. The molecule has 2 N–H and O–H groups in total. The average Bonchev–Trinajstić information content (AvgIpc) is 2.13. The van der Waals surface area contributed by atoms with Crippen LogP contribution in [-0.4, -0.2) is 36.9 Å². The minimum atomic E-state index is 0.0949. The van der Waals surface area contributed by atoms with Crippen LogP contribution in [0.5, 0.6) is 0 Å². The molecule has 0 bridgehead atoms. The first-order valence-corrected chi connectivity index (χ1v) is 3.23. The van der Waals surface area contributed by atoms with Crippen molar-refractivity contribution in [3.05, 3.63) is 0 Å². The van der Waals surface area contributed by atoms with Gasteiger partial charge < -0.3 is 10.6 Å². The molecule has 0 aromatic carbocycles. The summed E-state index contributed by atoms with van der Waals surface area (Å²) in [5.74, 6) is 1.04. The molecule has 0 radical (unpaired) electrons. The second-order valence-electron chi connectivity index (χ2n) is 2.45. The van der Waals surface area contributed by atoms with Gasteiger partial charge in [0.2, 0.25) is 0 Å². The molecular formula is C6H13N3. The number of amidine groups is 1. The van der Waals surface area contributed by atoms with Crippen LogP contribution < -0.4 is 5.73 Å². The first kappa shape index (κ1) is 6.55. The van der Waals surface area contributed by atoms with Gasteiger partial charge in [-0.3, -0.25) is 4.99 Å². The first-order valence-electron chi connectivity index (χ1n) is 3.23. The van der Waals surface area contributed by atoms with Crippen LogP contribution in [0.25, 0.3) is 0 Å². The summed E-state index contributed by atoms with van der Waals surface area (Å²) in [5, 5.41) is 0. The van der Waals surface area contributed by atoms with E-state index < -0.39 is 0 Å². The van der Waals surface area contributed by atoms with Crippen LogP contribution in [-0.2, 0) is 0 Å². The number of nitrogens with zero attached hydrogens (tertiary/aromatic N) is 2. The molecule has 0 saturated heterocycles. The Hall–Kier alpha value is -0.570. The highest BCUT2D eigenvalue weighted by molar-refractivity contribution is 5.87. The number of hydrogen-bond acceptors (Lipinski definition) is 3. The Kier molecular flexibility index (Phi) is 1.71. The highest BCUT2D eigenvalue weighted by Crippen LogP contribution is 1.99. The summed E-state index contributed by atoms with van der Waals surface area (Å²) in [5.41, 5.74) is 5.62. The van der Waals surface area contributed by atoms with Crippen LogP contribution in [0.1, 0.15) is 6.92 Å². The van der Waals surface area contributed by atoms with E-state index in [9.17, 15) is 0 Å². The third kappa shape index (κ3) is 1.21. The molecule has 0 amide bonds. The van der Waals surface area contributed by atoms with Gasteiger partial charge in [0, 0.05) is 13.6 Å². The lowest BCUT2D eigenvalue weighted by atomic mass is 10.3. The third-order valence-electron chi connectivity index (χ3n) is 1.51. The Balaban J connectivity index is 2.57. The average molecular weight is 127 g/mol. The van der Waals surface area contributed by atoms with Crippen molar-refractivity contribution in [1.29, 1.82) is 0 Å². The fourth-order valence-electron chi connectivity index (χ4n) is 1.04. The van der Waals surface area contributed by atoms with E-state index in [0.29, 0.717) is 0 Å². The summed E-state index contributed by atoms with van der Waals surface area (Å²) < 4.78 is 0. The van der Waals surface area contributed by atoms with Gasteiger partial charge in [-0.1, -0.05) is 0 Å². The summed E-state index contributed by atoms with van der Waals surface area (Å²) in [6, 6.07) is 0.0949. The zero-order chi connectivity index (χ0) is 6.85. The maximum absolute atomic E-state index is 5.62. The second kappa shape index (κ2) is 2.35. The second-order valence-corrected chi connectivity index (χ2v) is 2.45. The molecule has 1 heterocycles. The quantitative estimate of drug-likeness (QED) is 0.524. The number of likely N-dealkylation sites (N-methyl/N-ethyl adjacent to an activating group) is 1. The van der Waals surface area contributed by atoms with Crippen molar-refractivity contribution in [3.8, 4) is 0 Å². The number of rotatable bonds is 1. The van der Waals surface area contributed by atoms with E-state index >= 15 is 0 Å². The molecule has 1 aliphatic heterocycles. The summed E-state index contributed by atoms with van der Waals surface area (Å²) in [6.45, 7) is 3.89. The summed E-state index contributed by atoms with van der Waals surface area (Å²) in [6.07, 6.45) is 0. The molecule has 0 spiro atoms. The molecule has 0 aromatic rings. The molecule has 0 fully saturated rings. The van der Waals surface area contributed by atoms with Gasteiger partial charge in [-0.05, 0) is 6.92 Å². The molecule has 52 valence electrons. The van der Waals surface area contributed by atoms with Crippen molar-refractivity contribution < 1.29 is 0 Å². The molecule has 0 saturated carbocycles. The van der Waals surface area contributed by atoms with E-state index in [1.165, 1.54) is 0 Å². The normalized spacial score (nSPS) is 22.1. The van der Waals surface area contributed by atoms with Crippen LogP contribution >= 0.6 is 0 Å². The molecule has 0 unspecified atom stereocenters. The largest absolute Gasteiger partial charge is 0.360 e.